The zero-order valence-corrected chi connectivity index (χ0v) is 26.9. The van der Waals surface area contributed by atoms with Gasteiger partial charge in [-0.3, -0.25) is 9.97 Å². The lowest BCUT2D eigenvalue weighted by molar-refractivity contribution is 0.627. The van der Waals surface area contributed by atoms with E-state index in [1.807, 2.05) is 66.7 Å². The van der Waals surface area contributed by atoms with Crippen LogP contribution in [0.15, 0.2) is 176 Å². The highest BCUT2D eigenvalue weighted by Crippen LogP contribution is 2.37. The second-order valence-corrected chi connectivity index (χ2v) is 12.3. The molecule has 50 heavy (non-hydrogen) atoms. The maximum absolute atomic E-state index is 15.8. The summed E-state index contributed by atoms with van der Waals surface area (Å²) in [5, 5.41) is 1.01. The molecule has 0 bridgehead atoms. The van der Waals surface area contributed by atoms with Gasteiger partial charge in [0.2, 0.25) is 0 Å². The number of nitrogens with zero attached hydrogens (tertiary/aromatic N) is 4. The zero-order valence-electron chi connectivity index (χ0n) is 26.9. The Morgan fingerprint density at radius 3 is 1.72 bits per heavy atom. The summed E-state index contributed by atoms with van der Waals surface area (Å²) in [6.07, 6.45) is 3.56. The number of hydrogen-bond donors (Lipinski definition) is 0. The van der Waals surface area contributed by atoms with Gasteiger partial charge in [-0.05, 0) is 112 Å². The first-order chi connectivity index (χ1) is 24.7. The Balaban J connectivity index is 1.27. The summed E-state index contributed by atoms with van der Waals surface area (Å²) < 4.78 is 17.8. The Hall–Kier alpha value is -6.72. The number of aromatic nitrogens is 4. The molecule has 0 saturated carbocycles. The predicted octanol–water partition coefficient (Wildman–Crippen LogP) is 11.4. The molecule has 9 rings (SSSR count). The standard InChI is InChI=1S/C45H29FN4/c46-37-25-36(26-38(29-37)50-43-18-8-7-16-39(43)45-44(50)19-11-21-48-45)41-27-35(28-42(49-41)40-17-9-10-20-47-40)34-23-32(30-12-3-1-4-13-30)22-33(24-34)31-14-5-2-6-15-31/h1-29H. The van der Waals surface area contributed by atoms with Gasteiger partial charge in [0.25, 0.3) is 0 Å². The molecule has 0 saturated heterocycles. The molecule has 9 aromatic rings. The van der Waals surface area contributed by atoms with Crippen LogP contribution in [0.2, 0.25) is 0 Å². The fourth-order valence-electron chi connectivity index (χ4n) is 6.79. The third-order valence-corrected chi connectivity index (χ3v) is 9.10. The van der Waals surface area contributed by atoms with Crippen molar-refractivity contribution >= 4 is 21.9 Å². The fraction of sp³-hybridized carbons (Fsp3) is 0. The molecule has 0 unspecified atom stereocenters. The van der Waals surface area contributed by atoms with Crippen LogP contribution in [0.4, 0.5) is 4.39 Å². The van der Waals surface area contributed by atoms with Crippen LogP contribution in [0.25, 0.3) is 83.6 Å². The molecule has 0 radical (unpaired) electrons. The van der Waals surface area contributed by atoms with Gasteiger partial charge >= 0.3 is 0 Å². The van der Waals surface area contributed by atoms with Crippen LogP contribution in [-0.4, -0.2) is 19.5 Å². The molecule has 236 valence electrons. The summed E-state index contributed by atoms with van der Waals surface area (Å²) >= 11 is 0. The Morgan fingerprint density at radius 2 is 1.00 bits per heavy atom. The van der Waals surface area contributed by atoms with E-state index >= 15 is 4.39 Å². The molecule has 4 aromatic heterocycles. The van der Waals surface area contributed by atoms with Gasteiger partial charge in [-0.1, -0.05) is 84.9 Å². The van der Waals surface area contributed by atoms with Crippen LogP contribution >= 0.6 is 0 Å². The number of pyridine rings is 3. The van der Waals surface area contributed by atoms with E-state index in [1.54, 1.807) is 24.5 Å². The Morgan fingerprint density at radius 1 is 0.400 bits per heavy atom. The summed E-state index contributed by atoms with van der Waals surface area (Å²) in [6, 6.07) is 54.6. The average Bonchev–Trinajstić information content (AvgIpc) is 3.53. The molecule has 5 heteroatoms. The maximum Gasteiger partial charge on any atom is 0.125 e. The van der Waals surface area contributed by atoms with Crippen LogP contribution in [0.5, 0.6) is 0 Å². The molecule has 0 aliphatic rings. The SMILES string of the molecule is Fc1cc(-c2cc(-c3cc(-c4ccccc4)cc(-c4ccccc4)c3)cc(-c3ccccn3)n2)cc(-n2c3ccccc3c3ncccc32)c1. The number of hydrogen-bond acceptors (Lipinski definition) is 3. The molecule has 0 atom stereocenters. The molecule has 0 spiro atoms. The van der Waals surface area contributed by atoms with Gasteiger partial charge < -0.3 is 4.57 Å². The normalized spacial score (nSPS) is 11.3. The van der Waals surface area contributed by atoms with Crippen LogP contribution in [0, 0.1) is 5.82 Å². The summed E-state index contributed by atoms with van der Waals surface area (Å²) in [6.45, 7) is 0. The molecular formula is C45H29FN4. The fourth-order valence-corrected chi connectivity index (χ4v) is 6.79. The average molecular weight is 645 g/mol. The molecule has 5 aromatic carbocycles. The Bertz CT molecular complexity index is 2540. The van der Waals surface area contributed by atoms with Crippen molar-refractivity contribution in [3.63, 3.8) is 0 Å². The summed E-state index contributed by atoms with van der Waals surface area (Å²) in [5.41, 5.74) is 12.6. The molecule has 0 aliphatic carbocycles. The van der Waals surface area contributed by atoms with Crippen molar-refractivity contribution in [2.24, 2.45) is 0 Å². The quantitative estimate of drug-likeness (QED) is 0.181. The number of rotatable bonds is 6. The number of para-hydroxylation sites is 1. The van der Waals surface area contributed by atoms with Gasteiger partial charge in [0, 0.05) is 29.0 Å². The topological polar surface area (TPSA) is 43.6 Å². The van der Waals surface area contributed by atoms with Gasteiger partial charge in [-0.25, -0.2) is 9.37 Å². The first kappa shape index (κ1) is 29.4. The Labute approximate surface area is 288 Å². The maximum atomic E-state index is 15.8. The number of fused-ring (bicyclic) bond motifs is 3. The third-order valence-electron chi connectivity index (χ3n) is 9.10. The van der Waals surface area contributed by atoms with E-state index in [9.17, 15) is 0 Å². The smallest absolute Gasteiger partial charge is 0.125 e. The van der Waals surface area contributed by atoms with Gasteiger partial charge in [0.1, 0.15) is 5.82 Å². The largest absolute Gasteiger partial charge is 0.307 e. The van der Waals surface area contributed by atoms with Crippen molar-refractivity contribution in [1.29, 1.82) is 0 Å². The molecule has 0 aliphatic heterocycles. The minimum Gasteiger partial charge on any atom is -0.307 e. The van der Waals surface area contributed by atoms with Gasteiger partial charge in [-0.2, -0.15) is 0 Å². The number of halogens is 1. The van der Waals surface area contributed by atoms with Crippen molar-refractivity contribution < 1.29 is 4.39 Å². The van der Waals surface area contributed by atoms with Crippen molar-refractivity contribution in [2.75, 3.05) is 0 Å². The highest BCUT2D eigenvalue weighted by Gasteiger charge is 2.17. The lowest BCUT2D eigenvalue weighted by Crippen LogP contribution is -1.98. The molecule has 4 nitrogen and oxygen atoms in total. The predicted molar refractivity (Wildman–Crippen MR) is 201 cm³/mol. The second kappa shape index (κ2) is 12.4. The van der Waals surface area contributed by atoms with Crippen molar-refractivity contribution in [1.82, 2.24) is 19.5 Å². The van der Waals surface area contributed by atoms with Gasteiger partial charge in [0.05, 0.1) is 33.6 Å². The first-order valence-corrected chi connectivity index (χ1v) is 16.5. The zero-order chi connectivity index (χ0) is 33.4. The summed E-state index contributed by atoms with van der Waals surface area (Å²) in [4.78, 5) is 14.4. The lowest BCUT2D eigenvalue weighted by Gasteiger charge is -2.15. The van der Waals surface area contributed by atoms with Crippen LogP contribution in [0.3, 0.4) is 0 Å². The van der Waals surface area contributed by atoms with E-state index in [-0.39, 0.29) is 5.82 Å². The number of benzene rings is 5. The Kier molecular flexibility index (Phi) is 7.29. The van der Waals surface area contributed by atoms with E-state index < -0.39 is 0 Å². The van der Waals surface area contributed by atoms with Gasteiger partial charge in [-0.15, -0.1) is 0 Å². The second-order valence-electron chi connectivity index (χ2n) is 12.3. The minimum atomic E-state index is -0.351. The van der Waals surface area contributed by atoms with Crippen molar-refractivity contribution in [3.8, 4) is 61.7 Å². The lowest BCUT2D eigenvalue weighted by atomic mass is 9.92. The van der Waals surface area contributed by atoms with Gasteiger partial charge in [0.15, 0.2) is 0 Å². The molecule has 0 fully saturated rings. The minimum absolute atomic E-state index is 0.351. The third kappa shape index (κ3) is 5.41. The van der Waals surface area contributed by atoms with E-state index in [0.717, 1.165) is 61.0 Å². The molecule has 0 amide bonds. The van der Waals surface area contributed by atoms with E-state index in [1.165, 1.54) is 0 Å². The molecule has 0 N–H and O–H groups in total. The van der Waals surface area contributed by atoms with Crippen molar-refractivity contribution in [3.05, 3.63) is 182 Å². The van der Waals surface area contributed by atoms with E-state index in [0.29, 0.717) is 22.6 Å². The van der Waals surface area contributed by atoms with Crippen molar-refractivity contribution in [2.45, 2.75) is 0 Å². The highest BCUT2D eigenvalue weighted by molar-refractivity contribution is 6.07. The van der Waals surface area contributed by atoms with Crippen LogP contribution < -0.4 is 0 Å². The molecular weight excluding hydrogens is 616 g/mol. The summed E-state index contributed by atoms with van der Waals surface area (Å²) in [7, 11) is 0. The monoisotopic (exact) mass is 644 g/mol. The summed E-state index contributed by atoms with van der Waals surface area (Å²) in [5.74, 6) is -0.351. The van der Waals surface area contributed by atoms with E-state index in [2.05, 4.69) is 99.5 Å². The van der Waals surface area contributed by atoms with Crippen LogP contribution in [0.1, 0.15) is 0 Å². The highest BCUT2D eigenvalue weighted by atomic mass is 19.1. The first-order valence-electron chi connectivity index (χ1n) is 16.5. The van der Waals surface area contributed by atoms with Crippen LogP contribution in [-0.2, 0) is 0 Å². The molecule has 4 heterocycles. The van der Waals surface area contributed by atoms with E-state index in [4.69, 9.17) is 4.98 Å².